The fraction of sp³-hybridized carbons (Fsp3) is 0.158. The van der Waals surface area contributed by atoms with Gasteiger partial charge >= 0.3 is 11.9 Å². The zero-order chi connectivity index (χ0) is 19.2. The molecule has 0 saturated carbocycles. The summed E-state index contributed by atoms with van der Waals surface area (Å²) in [6, 6.07) is 8.61. The lowest BCUT2D eigenvalue weighted by molar-refractivity contribution is -0.134. The maximum atomic E-state index is 9.55. The van der Waals surface area contributed by atoms with Crippen molar-refractivity contribution in [3.63, 3.8) is 0 Å². The average Bonchev–Trinajstić information content (AvgIpc) is 3.30. The number of carbonyl (C=O) groups is 2. The molecule has 1 aliphatic rings. The van der Waals surface area contributed by atoms with Crippen LogP contribution in [0.3, 0.4) is 0 Å². The van der Waals surface area contributed by atoms with E-state index < -0.39 is 11.9 Å². The number of aryl methyl sites for hydroxylation is 2. The van der Waals surface area contributed by atoms with E-state index in [0.29, 0.717) is 12.2 Å². The molecule has 2 aromatic heterocycles. The number of H-pyrrole nitrogens is 1. The molecule has 0 atom stereocenters. The normalized spacial score (nSPS) is 12.0. The van der Waals surface area contributed by atoms with E-state index in [1.54, 1.807) is 6.33 Å². The van der Waals surface area contributed by atoms with E-state index in [4.69, 9.17) is 15.2 Å². The van der Waals surface area contributed by atoms with Crippen LogP contribution in [0.25, 0.3) is 11.3 Å². The molecule has 2 heterocycles. The predicted molar refractivity (Wildman–Crippen MR) is 101 cm³/mol. The lowest BCUT2D eigenvalue weighted by Crippen LogP contribution is -2.01. The molecule has 4 rings (SSSR count). The first-order valence-electron chi connectivity index (χ1n) is 8.21. The Hall–Kier alpha value is -3.26. The highest BCUT2D eigenvalue weighted by Crippen LogP contribution is 2.36. The molecule has 138 valence electrons. The number of aromatic nitrogens is 3. The average molecular weight is 383 g/mol. The molecule has 3 N–H and O–H groups in total. The number of benzene rings is 1. The molecule has 8 heteroatoms. The van der Waals surface area contributed by atoms with Gasteiger partial charge in [0.15, 0.2) is 0 Å². The molecule has 0 fully saturated rings. The summed E-state index contributed by atoms with van der Waals surface area (Å²) in [4.78, 5) is 32.6. The lowest BCUT2D eigenvalue weighted by Gasteiger charge is -2.13. The van der Waals surface area contributed by atoms with Crippen molar-refractivity contribution < 1.29 is 19.8 Å². The summed E-state index contributed by atoms with van der Waals surface area (Å²) in [6.07, 6.45) is 7.80. The molecule has 7 nitrogen and oxygen atoms in total. The van der Waals surface area contributed by atoms with Gasteiger partial charge in [-0.1, -0.05) is 24.3 Å². The van der Waals surface area contributed by atoms with Crippen LogP contribution in [-0.4, -0.2) is 37.1 Å². The number of aromatic amines is 1. The number of rotatable bonds is 4. The predicted octanol–water partition coefficient (Wildman–Crippen LogP) is 2.93. The number of nitrogens with zero attached hydrogens (tertiary/aromatic N) is 2. The zero-order valence-electron chi connectivity index (χ0n) is 14.3. The monoisotopic (exact) mass is 383 g/mol. The van der Waals surface area contributed by atoms with Crippen molar-refractivity contribution in [2.75, 3.05) is 0 Å². The molecule has 0 spiro atoms. The molecular formula is C19H17N3O4S. The van der Waals surface area contributed by atoms with Crippen molar-refractivity contribution in [1.29, 1.82) is 0 Å². The van der Waals surface area contributed by atoms with Crippen molar-refractivity contribution >= 4 is 23.3 Å². The van der Waals surface area contributed by atoms with Crippen molar-refractivity contribution in [2.24, 2.45) is 0 Å². The highest BCUT2D eigenvalue weighted by atomic mass is 32.1. The smallest absolute Gasteiger partial charge is 0.328 e. The zero-order valence-corrected chi connectivity index (χ0v) is 15.1. The van der Waals surface area contributed by atoms with Gasteiger partial charge in [-0.05, 0) is 18.4 Å². The number of fused-ring (bicyclic) bond motifs is 3. The van der Waals surface area contributed by atoms with E-state index in [2.05, 4.69) is 34.2 Å². The van der Waals surface area contributed by atoms with Crippen LogP contribution in [0.1, 0.15) is 21.1 Å². The van der Waals surface area contributed by atoms with Crippen LogP contribution in [0.4, 0.5) is 0 Å². The van der Waals surface area contributed by atoms with Gasteiger partial charge in [0.25, 0.3) is 0 Å². The molecule has 27 heavy (non-hydrogen) atoms. The Balaban J connectivity index is 0.000000226. The first-order chi connectivity index (χ1) is 13.0. The topological polar surface area (TPSA) is 116 Å². The second-order valence-electron chi connectivity index (χ2n) is 5.80. The Morgan fingerprint density at radius 3 is 2.56 bits per heavy atom. The first-order valence-corrected chi connectivity index (χ1v) is 9.02. The highest BCUT2D eigenvalue weighted by molar-refractivity contribution is 7.12. The molecular weight excluding hydrogens is 366 g/mol. The number of imidazole rings is 1. The largest absolute Gasteiger partial charge is 0.478 e. The molecule has 3 aromatic rings. The van der Waals surface area contributed by atoms with E-state index in [9.17, 15) is 9.59 Å². The molecule has 0 aliphatic heterocycles. The van der Waals surface area contributed by atoms with Crippen LogP contribution in [0.5, 0.6) is 0 Å². The number of hydrogen-bond donors (Lipinski definition) is 3. The van der Waals surface area contributed by atoms with Gasteiger partial charge in [-0.15, -0.1) is 11.3 Å². The van der Waals surface area contributed by atoms with Crippen molar-refractivity contribution in [1.82, 2.24) is 15.0 Å². The minimum Gasteiger partial charge on any atom is -0.478 e. The summed E-state index contributed by atoms with van der Waals surface area (Å²) in [5.41, 5.74) is 5.06. The van der Waals surface area contributed by atoms with Crippen LogP contribution in [0.2, 0.25) is 0 Å². The van der Waals surface area contributed by atoms with Gasteiger partial charge in [0.05, 0.1) is 17.0 Å². The molecule has 0 unspecified atom stereocenters. The number of hydrogen-bond acceptors (Lipinski definition) is 5. The van der Waals surface area contributed by atoms with Crippen molar-refractivity contribution in [3.8, 4) is 11.3 Å². The number of carboxylic acids is 2. The maximum Gasteiger partial charge on any atom is 0.328 e. The van der Waals surface area contributed by atoms with Gasteiger partial charge in [-0.3, -0.25) is 0 Å². The number of aliphatic carboxylic acids is 2. The van der Waals surface area contributed by atoms with Gasteiger partial charge in [-0.2, -0.15) is 0 Å². The van der Waals surface area contributed by atoms with E-state index in [0.717, 1.165) is 25.0 Å². The van der Waals surface area contributed by atoms with E-state index in [-0.39, 0.29) is 0 Å². The molecule has 1 aliphatic carbocycles. The summed E-state index contributed by atoms with van der Waals surface area (Å²) in [7, 11) is 0. The van der Waals surface area contributed by atoms with Gasteiger partial charge < -0.3 is 15.2 Å². The standard InChI is InChI=1S/C15H13N3S.C4H4O4/c1-2-4-12-10(3-1)5-6-13-15(12)18-14(19-13)7-11-8-16-9-17-11;5-3(6)1-2-4(7)8/h1-4,8-9H,5-7H2,(H,16,17);1-2H,(H,5,6)(H,7,8). The molecule has 0 saturated heterocycles. The van der Waals surface area contributed by atoms with Crippen LogP contribution in [0, 0.1) is 0 Å². The van der Waals surface area contributed by atoms with Gasteiger partial charge in [0.1, 0.15) is 0 Å². The molecule has 1 aromatic carbocycles. The first kappa shape index (κ1) is 18.5. The van der Waals surface area contributed by atoms with Gasteiger partial charge in [0, 0.05) is 40.9 Å². The molecule has 0 amide bonds. The second-order valence-corrected chi connectivity index (χ2v) is 6.97. The van der Waals surface area contributed by atoms with E-state index in [1.807, 2.05) is 17.5 Å². The molecule has 0 bridgehead atoms. The Labute approximate surface area is 159 Å². The van der Waals surface area contributed by atoms with Gasteiger partial charge in [0.2, 0.25) is 0 Å². The Kier molecular flexibility index (Phi) is 5.77. The van der Waals surface area contributed by atoms with E-state index in [1.165, 1.54) is 26.7 Å². The fourth-order valence-electron chi connectivity index (χ4n) is 2.76. The van der Waals surface area contributed by atoms with Crippen molar-refractivity contribution in [3.05, 3.63) is 70.1 Å². The Bertz CT molecular complexity index is 961. The Morgan fingerprint density at radius 1 is 1.15 bits per heavy atom. The quantitative estimate of drug-likeness (QED) is 0.597. The van der Waals surface area contributed by atoms with Crippen molar-refractivity contribution in [2.45, 2.75) is 19.3 Å². The van der Waals surface area contributed by atoms with E-state index >= 15 is 0 Å². The highest BCUT2D eigenvalue weighted by Gasteiger charge is 2.20. The third-order valence-electron chi connectivity index (χ3n) is 3.90. The van der Waals surface area contributed by atoms with Crippen LogP contribution >= 0.6 is 11.3 Å². The fourth-order valence-corrected chi connectivity index (χ4v) is 3.87. The van der Waals surface area contributed by atoms with Crippen LogP contribution in [-0.2, 0) is 28.9 Å². The van der Waals surface area contributed by atoms with Crippen LogP contribution < -0.4 is 0 Å². The second kappa shape index (κ2) is 8.41. The number of nitrogens with one attached hydrogen (secondary N) is 1. The summed E-state index contributed by atoms with van der Waals surface area (Å²) in [6.45, 7) is 0. The summed E-state index contributed by atoms with van der Waals surface area (Å²) in [5.74, 6) is -2.51. The Morgan fingerprint density at radius 2 is 1.89 bits per heavy atom. The summed E-state index contributed by atoms with van der Waals surface area (Å²) >= 11 is 1.84. The summed E-state index contributed by atoms with van der Waals surface area (Å²) < 4.78 is 0. The van der Waals surface area contributed by atoms with Crippen LogP contribution in [0.15, 0.2) is 48.9 Å². The number of thiazole rings is 1. The third kappa shape index (κ3) is 4.89. The minimum absolute atomic E-state index is 0.558. The lowest BCUT2D eigenvalue weighted by atomic mass is 9.94. The summed E-state index contributed by atoms with van der Waals surface area (Å²) in [5, 5.41) is 16.8. The minimum atomic E-state index is -1.26. The number of carboxylic acid groups (broad SMARTS) is 2. The third-order valence-corrected chi connectivity index (χ3v) is 5.02. The van der Waals surface area contributed by atoms with Gasteiger partial charge in [-0.25, -0.2) is 19.6 Å². The SMILES string of the molecule is O=C(O)C=CC(=O)O.c1ccc2c(c1)CCc1sc(Cc3cnc[nH]3)nc1-2. The maximum absolute atomic E-state index is 9.55. The molecule has 0 radical (unpaired) electrons.